The lowest BCUT2D eigenvalue weighted by Gasteiger charge is -2.32. The number of benzene rings is 2. The van der Waals surface area contributed by atoms with Gasteiger partial charge in [-0.25, -0.2) is 0 Å². The molecule has 23 heavy (non-hydrogen) atoms. The minimum Gasteiger partial charge on any atom is -0.386 e. The summed E-state index contributed by atoms with van der Waals surface area (Å²) >= 11 is 0. The summed E-state index contributed by atoms with van der Waals surface area (Å²) in [4.78, 5) is 0. The Balaban J connectivity index is 2.45. The van der Waals surface area contributed by atoms with Gasteiger partial charge in [0.2, 0.25) is 0 Å². The molecule has 0 atom stereocenters. The molecule has 0 aliphatic heterocycles. The molecule has 0 bridgehead atoms. The van der Waals surface area contributed by atoms with Crippen molar-refractivity contribution in [3.8, 4) is 0 Å². The predicted octanol–water partition coefficient (Wildman–Crippen LogP) is 4.44. The van der Waals surface area contributed by atoms with Crippen LogP contribution in [-0.4, -0.2) is 20.8 Å². The summed E-state index contributed by atoms with van der Waals surface area (Å²) in [6.45, 7) is 8.24. The fourth-order valence-electron chi connectivity index (χ4n) is 2.48. The molecule has 0 N–H and O–H groups in total. The first kappa shape index (κ1) is 17.7. The van der Waals surface area contributed by atoms with Crippen LogP contribution >= 0.6 is 0 Å². The van der Waals surface area contributed by atoms with Gasteiger partial charge in [0.25, 0.3) is 0 Å². The molecule has 2 rings (SSSR count). The fraction of sp³-hybridized carbons (Fsp3) is 0.300. The summed E-state index contributed by atoms with van der Waals surface area (Å²) in [7, 11) is -2.66. The molecule has 0 amide bonds. The molecule has 0 aromatic heterocycles. The third-order valence-electron chi connectivity index (χ3n) is 3.29. The highest BCUT2D eigenvalue weighted by Gasteiger charge is 2.39. The third-order valence-corrected chi connectivity index (χ3v) is 6.68. The number of hydrogen-bond acceptors (Lipinski definition) is 2. The summed E-state index contributed by atoms with van der Waals surface area (Å²) < 4.78 is 12.8. The second-order valence-corrected chi connectivity index (χ2v) is 8.83. The standard InChI is InChI=1S/C20H26O2Si/c1-17(2)21-23(22-18(3)4,20-13-9-6-10-14-20)16-15-19-11-7-5-8-12-19/h5-18H,1-4H3. The molecule has 0 aliphatic rings. The molecule has 0 spiro atoms. The van der Waals surface area contributed by atoms with Crippen LogP contribution in [0.25, 0.3) is 6.08 Å². The Hall–Kier alpha value is -1.68. The van der Waals surface area contributed by atoms with E-state index in [-0.39, 0.29) is 12.2 Å². The maximum absolute atomic E-state index is 6.39. The van der Waals surface area contributed by atoms with E-state index in [0.29, 0.717) is 0 Å². The smallest absolute Gasteiger partial charge is 0.386 e. The highest BCUT2D eigenvalue weighted by atomic mass is 28.4. The molecular formula is C20H26O2Si. The Morgan fingerprint density at radius 2 is 1.22 bits per heavy atom. The van der Waals surface area contributed by atoms with Crippen molar-refractivity contribution in [2.75, 3.05) is 0 Å². The Bertz CT molecular complexity index is 596. The molecule has 0 aliphatic carbocycles. The van der Waals surface area contributed by atoms with Crippen LogP contribution in [0.2, 0.25) is 0 Å². The molecule has 0 heterocycles. The largest absolute Gasteiger partial charge is 0.400 e. The molecule has 0 saturated heterocycles. The quantitative estimate of drug-likeness (QED) is 0.700. The first-order valence-electron chi connectivity index (χ1n) is 8.17. The van der Waals surface area contributed by atoms with Crippen molar-refractivity contribution < 1.29 is 8.85 Å². The normalized spacial score (nSPS) is 12.4. The van der Waals surface area contributed by atoms with Gasteiger partial charge in [-0.15, -0.1) is 0 Å². The van der Waals surface area contributed by atoms with Crippen LogP contribution in [0.1, 0.15) is 33.3 Å². The van der Waals surface area contributed by atoms with E-state index >= 15 is 0 Å². The lowest BCUT2D eigenvalue weighted by molar-refractivity contribution is 0.124. The van der Waals surface area contributed by atoms with E-state index in [1.807, 2.05) is 36.4 Å². The van der Waals surface area contributed by atoms with Gasteiger partial charge in [0.05, 0.1) is 0 Å². The first-order chi connectivity index (χ1) is 11.0. The van der Waals surface area contributed by atoms with Crippen molar-refractivity contribution in [1.29, 1.82) is 0 Å². The van der Waals surface area contributed by atoms with Crippen molar-refractivity contribution >= 4 is 19.8 Å². The van der Waals surface area contributed by atoms with Gasteiger partial charge in [0.15, 0.2) is 0 Å². The van der Waals surface area contributed by atoms with E-state index in [9.17, 15) is 0 Å². The second-order valence-electron chi connectivity index (χ2n) is 6.11. The summed E-state index contributed by atoms with van der Waals surface area (Å²) in [5, 5.41) is 1.13. The van der Waals surface area contributed by atoms with Crippen LogP contribution in [0.4, 0.5) is 0 Å². The van der Waals surface area contributed by atoms with Crippen LogP contribution in [-0.2, 0) is 8.85 Å². The molecular weight excluding hydrogens is 300 g/mol. The molecule has 0 fully saturated rings. The van der Waals surface area contributed by atoms with Crippen LogP contribution in [0, 0.1) is 0 Å². The summed E-state index contributed by atoms with van der Waals surface area (Å²) in [6, 6.07) is 20.6. The zero-order chi connectivity index (χ0) is 16.7. The topological polar surface area (TPSA) is 18.5 Å². The van der Waals surface area contributed by atoms with E-state index in [2.05, 4.69) is 63.7 Å². The van der Waals surface area contributed by atoms with E-state index in [4.69, 9.17) is 8.85 Å². The van der Waals surface area contributed by atoms with Crippen LogP contribution in [0.5, 0.6) is 0 Å². The van der Waals surface area contributed by atoms with Gasteiger partial charge in [-0.3, -0.25) is 0 Å². The van der Waals surface area contributed by atoms with Crippen molar-refractivity contribution in [2.45, 2.75) is 39.9 Å². The monoisotopic (exact) mass is 326 g/mol. The van der Waals surface area contributed by atoms with Gasteiger partial charge >= 0.3 is 8.56 Å². The average Bonchev–Trinajstić information content (AvgIpc) is 2.53. The molecule has 0 saturated carbocycles. The minimum absolute atomic E-state index is 0.0982. The van der Waals surface area contributed by atoms with Gasteiger partial charge in [-0.1, -0.05) is 66.7 Å². The SMILES string of the molecule is CC(C)O[Si](C=Cc1ccccc1)(OC(C)C)c1ccccc1. The first-order valence-corrected chi connectivity index (χ1v) is 10.1. The zero-order valence-electron chi connectivity index (χ0n) is 14.4. The van der Waals surface area contributed by atoms with E-state index in [1.165, 1.54) is 0 Å². The van der Waals surface area contributed by atoms with Gasteiger partial charge < -0.3 is 8.85 Å². The Morgan fingerprint density at radius 3 is 1.70 bits per heavy atom. The van der Waals surface area contributed by atoms with E-state index in [1.54, 1.807) is 0 Å². The van der Waals surface area contributed by atoms with Gasteiger partial charge in [-0.05, 0) is 44.1 Å². The van der Waals surface area contributed by atoms with Gasteiger partial charge in [0, 0.05) is 12.2 Å². The van der Waals surface area contributed by atoms with E-state index < -0.39 is 8.56 Å². The van der Waals surface area contributed by atoms with Gasteiger partial charge in [0.1, 0.15) is 0 Å². The third kappa shape index (κ3) is 5.17. The highest BCUT2D eigenvalue weighted by molar-refractivity contribution is 6.86. The fourth-order valence-corrected chi connectivity index (χ4v) is 5.63. The van der Waals surface area contributed by atoms with Crippen molar-refractivity contribution in [3.63, 3.8) is 0 Å². The lowest BCUT2D eigenvalue weighted by atomic mass is 10.2. The molecule has 3 heteroatoms. The molecule has 2 aromatic carbocycles. The molecule has 122 valence electrons. The zero-order valence-corrected chi connectivity index (χ0v) is 15.4. The van der Waals surface area contributed by atoms with Crippen molar-refractivity contribution in [1.82, 2.24) is 0 Å². The Morgan fingerprint density at radius 1 is 0.739 bits per heavy atom. The minimum atomic E-state index is -2.66. The molecule has 2 aromatic rings. The van der Waals surface area contributed by atoms with Gasteiger partial charge in [-0.2, -0.15) is 0 Å². The molecule has 0 radical (unpaired) electrons. The average molecular weight is 327 g/mol. The van der Waals surface area contributed by atoms with Crippen LogP contribution in [0.3, 0.4) is 0 Å². The Kier molecular flexibility index (Phi) is 6.34. The molecule has 2 nitrogen and oxygen atoms in total. The number of hydrogen-bond donors (Lipinski definition) is 0. The lowest BCUT2D eigenvalue weighted by Crippen LogP contribution is -2.55. The summed E-state index contributed by atoms with van der Waals surface area (Å²) in [5.41, 5.74) is 3.30. The highest BCUT2D eigenvalue weighted by Crippen LogP contribution is 2.17. The maximum Gasteiger partial charge on any atom is 0.400 e. The van der Waals surface area contributed by atoms with Crippen molar-refractivity contribution in [2.24, 2.45) is 0 Å². The second kappa shape index (κ2) is 8.25. The van der Waals surface area contributed by atoms with Crippen molar-refractivity contribution in [3.05, 3.63) is 71.9 Å². The van der Waals surface area contributed by atoms with Crippen LogP contribution in [0.15, 0.2) is 66.4 Å². The number of rotatable bonds is 7. The van der Waals surface area contributed by atoms with E-state index in [0.717, 1.165) is 10.8 Å². The molecule has 0 unspecified atom stereocenters. The maximum atomic E-state index is 6.39. The predicted molar refractivity (Wildman–Crippen MR) is 99.7 cm³/mol. The van der Waals surface area contributed by atoms with Crippen LogP contribution < -0.4 is 5.19 Å². The summed E-state index contributed by atoms with van der Waals surface area (Å²) in [5.74, 6) is 0. The Labute approximate surface area is 141 Å². The summed E-state index contributed by atoms with van der Waals surface area (Å²) in [6.07, 6.45) is 2.31.